The number of anilines is 1. The molecule has 3 aromatic rings. The number of hydrogen-bond donors (Lipinski definition) is 2. The van der Waals surface area contributed by atoms with E-state index in [4.69, 9.17) is 4.42 Å². The summed E-state index contributed by atoms with van der Waals surface area (Å²) >= 11 is 0. The number of carbonyl (C=O) groups is 1. The average molecular weight is 466 g/mol. The second kappa shape index (κ2) is 8.68. The van der Waals surface area contributed by atoms with Crippen molar-refractivity contribution in [1.82, 2.24) is 10.2 Å². The highest BCUT2D eigenvalue weighted by molar-refractivity contribution is 7.92. The van der Waals surface area contributed by atoms with Crippen LogP contribution in [0.2, 0.25) is 0 Å². The lowest BCUT2D eigenvalue weighted by Gasteiger charge is -2.49. The number of piperidine rings is 3. The number of nitrogens with zero attached hydrogens (tertiary/aromatic N) is 1. The van der Waals surface area contributed by atoms with Crippen LogP contribution in [0.5, 0.6) is 0 Å². The Morgan fingerprint density at radius 2 is 1.67 bits per heavy atom. The van der Waals surface area contributed by atoms with Crippen molar-refractivity contribution in [3.63, 3.8) is 0 Å². The van der Waals surface area contributed by atoms with E-state index >= 15 is 0 Å². The first-order valence-corrected chi connectivity index (χ1v) is 12.7. The molecule has 2 atom stereocenters. The van der Waals surface area contributed by atoms with Gasteiger partial charge in [-0.2, -0.15) is 0 Å². The molecule has 0 spiro atoms. The van der Waals surface area contributed by atoms with Crippen molar-refractivity contribution in [1.29, 1.82) is 0 Å². The van der Waals surface area contributed by atoms with Gasteiger partial charge in [-0.05, 0) is 87.3 Å². The zero-order chi connectivity index (χ0) is 23.0. The van der Waals surface area contributed by atoms with Gasteiger partial charge in [0.15, 0.2) is 5.76 Å². The van der Waals surface area contributed by atoms with Gasteiger partial charge in [0.1, 0.15) is 5.76 Å². The number of furan rings is 1. The molecule has 2 aromatic carbocycles. The van der Waals surface area contributed by atoms with Crippen LogP contribution < -0.4 is 10.0 Å². The smallest absolute Gasteiger partial charge is 0.287 e. The van der Waals surface area contributed by atoms with Gasteiger partial charge in [0.25, 0.3) is 15.9 Å². The highest BCUT2D eigenvalue weighted by atomic mass is 32.2. The van der Waals surface area contributed by atoms with Crippen LogP contribution in [0.1, 0.15) is 30.3 Å². The quantitative estimate of drug-likeness (QED) is 0.575. The Balaban J connectivity index is 1.26. The Labute approximate surface area is 193 Å². The molecule has 33 heavy (non-hydrogen) atoms. The third-order valence-corrected chi connectivity index (χ3v) is 8.18. The van der Waals surface area contributed by atoms with E-state index in [9.17, 15) is 13.2 Å². The van der Waals surface area contributed by atoms with Crippen LogP contribution in [0.3, 0.4) is 0 Å². The summed E-state index contributed by atoms with van der Waals surface area (Å²) in [6, 6.07) is 19.0. The molecule has 3 aliphatic heterocycles. The maximum atomic E-state index is 12.8. The van der Waals surface area contributed by atoms with Gasteiger partial charge >= 0.3 is 0 Å². The van der Waals surface area contributed by atoms with Crippen molar-refractivity contribution in [2.75, 3.05) is 17.8 Å². The molecule has 2 bridgehead atoms. The van der Waals surface area contributed by atoms with Gasteiger partial charge in [-0.1, -0.05) is 18.2 Å². The van der Waals surface area contributed by atoms with Crippen LogP contribution in [0.4, 0.5) is 5.69 Å². The molecule has 6 rings (SSSR count). The Bertz CT molecular complexity index is 1230. The first kappa shape index (κ1) is 21.7. The van der Waals surface area contributed by atoms with Crippen molar-refractivity contribution < 1.29 is 17.6 Å². The molecule has 1 amide bonds. The second-order valence-electron chi connectivity index (χ2n) is 8.77. The van der Waals surface area contributed by atoms with Crippen molar-refractivity contribution in [2.45, 2.75) is 36.7 Å². The summed E-state index contributed by atoms with van der Waals surface area (Å²) in [6.45, 7) is 4.40. The normalized spacial score (nSPS) is 24.4. The minimum absolute atomic E-state index is 0.144. The predicted molar refractivity (Wildman–Crippen MR) is 126 cm³/mol. The molecule has 172 valence electrons. The van der Waals surface area contributed by atoms with Crippen LogP contribution >= 0.6 is 0 Å². The van der Waals surface area contributed by atoms with Gasteiger partial charge in [-0.25, -0.2) is 8.42 Å². The number of benzene rings is 2. The second-order valence-corrected chi connectivity index (χ2v) is 10.5. The van der Waals surface area contributed by atoms with Crippen LogP contribution in [0, 0.1) is 5.92 Å². The van der Waals surface area contributed by atoms with E-state index in [1.165, 1.54) is 0 Å². The third kappa shape index (κ3) is 4.41. The van der Waals surface area contributed by atoms with E-state index in [0.717, 1.165) is 31.5 Å². The van der Waals surface area contributed by atoms with Gasteiger partial charge in [0.2, 0.25) is 0 Å². The van der Waals surface area contributed by atoms with Gasteiger partial charge in [0, 0.05) is 23.3 Å². The topological polar surface area (TPSA) is 91.7 Å². The third-order valence-electron chi connectivity index (χ3n) is 6.78. The maximum absolute atomic E-state index is 12.8. The lowest BCUT2D eigenvalue weighted by atomic mass is 9.79. The summed E-state index contributed by atoms with van der Waals surface area (Å²) in [5, 5.41) is 3.18. The van der Waals surface area contributed by atoms with Crippen LogP contribution in [0.15, 0.2) is 76.0 Å². The number of carbonyl (C=O) groups excluding carboxylic acids is 1. The number of fused-ring (bicyclic) bond motifs is 3. The van der Waals surface area contributed by atoms with E-state index in [1.54, 1.807) is 66.7 Å². The number of amides is 1. The van der Waals surface area contributed by atoms with Crippen molar-refractivity contribution in [3.8, 4) is 11.3 Å². The molecule has 7 nitrogen and oxygen atoms in total. The molecule has 3 saturated heterocycles. The maximum Gasteiger partial charge on any atom is 0.287 e. The van der Waals surface area contributed by atoms with Crippen molar-refractivity contribution in [3.05, 3.63) is 72.5 Å². The van der Waals surface area contributed by atoms with Crippen molar-refractivity contribution >= 4 is 21.6 Å². The Hall–Kier alpha value is -3.10. The molecule has 3 fully saturated rings. The molecule has 0 aliphatic carbocycles. The van der Waals surface area contributed by atoms with E-state index in [0.29, 0.717) is 23.4 Å². The monoisotopic (exact) mass is 465 g/mol. The fourth-order valence-electron chi connectivity index (χ4n) is 4.90. The van der Waals surface area contributed by atoms with E-state index in [1.807, 2.05) is 0 Å². The zero-order valence-electron chi connectivity index (χ0n) is 18.4. The lowest BCUT2D eigenvalue weighted by Crippen LogP contribution is -2.62. The van der Waals surface area contributed by atoms with Crippen molar-refractivity contribution in [2.24, 2.45) is 5.92 Å². The van der Waals surface area contributed by atoms with E-state index < -0.39 is 10.0 Å². The molecule has 2 N–H and O–H groups in total. The minimum Gasteiger partial charge on any atom is -0.451 e. The Morgan fingerprint density at radius 3 is 2.33 bits per heavy atom. The molecule has 8 heteroatoms. The highest BCUT2D eigenvalue weighted by Gasteiger charge is 2.40. The number of rotatable bonds is 6. The summed E-state index contributed by atoms with van der Waals surface area (Å²) in [5.74, 6) is 1.16. The summed E-state index contributed by atoms with van der Waals surface area (Å²) in [4.78, 5) is 15.5. The molecule has 3 aliphatic rings. The van der Waals surface area contributed by atoms with Gasteiger partial charge in [-0.15, -0.1) is 0 Å². The highest BCUT2D eigenvalue weighted by Crippen LogP contribution is 2.32. The van der Waals surface area contributed by atoms with Gasteiger partial charge in [0.05, 0.1) is 4.90 Å². The predicted octanol–water partition coefficient (Wildman–Crippen LogP) is 3.96. The molecular weight excluding hydrogens is 438 g/mol. The lowest BCUT2D eigenvalue weighted by molar-refractivity contribution is 0.0211. The molecule has 1 aromatic heterocycles. The Morgan fingerprint density at radius 1 is 0.970 bits per heavy atom. The van der Waals surface area contributed by atoms with E-state index in [-0.39, 0.29) is 22.6 Å². The molecule has 0 radical (unpaired) electrons. The standard InChI is InChI=1S/C25H27N3O4S/c1-17-24(19-13-15-28(17)16-14-19)26-25(29)23-12-11-22(32-23)18-7-9-20(10-8-18)27-33(30,31)21-5-3-2-4-6-21/h2-12,17,19,24,27H,13-16H2,1H3,(H,26,29)/t17-,24-/m0/s1. The van der Waals surface area contributed by atoms with Crippen LogP contribution in [-0.2, 0) is 10.0 Å². The SMILES string of the molecule is C[C@H]1[C@H](NC(=O)c2ccc(-c3ccc(NS(=O)(=O)c4ccccc4)cc3)o2)C2CCN1CC2. The molecule has 0 unspecified atom stereocenters. The fraction of sp³-hybridized carbons (Fsp3) is 0.320. The number of sulfonamides is 1. The average Bonchev–Trinajstić information content (AvgIpc) is 3.33. The first-order chi connectivity index (χ1) is 15.9. The van der Waals surface area contributed by atoms with Crippen LogP contribution in [0.25, 0.3) is 11.3 Å². The largest absolute Gasteiger partial charge is 0.451 e. The van der Waals surface area contributed by atoms with E-state index in [2.05, 4.69) is 21.9 Å². The summed E-state index contributed by atoms with van der Waals surface area (Å²) in [7, 11) is -3.65. The van der Waals surface area contributed by atoms with Crippen LogP contribution in [-0.4, -0.2) is 44.4 Å². The summed E-state index contributed by atoms with van der Waals surface area (Å²) < 4.78 is 33.4. The molecule has 0 saturated carbocycles. The molecular formula is C25H27N3O4S. The zero-order valence-corrected chi connectivity index (χ0v) is 19.2. The molecule has 4 heterocycles. The first-order valence-electron chi connectivity index (χ1n) is 11.2. The fourth-order valence-corrected chi connectivity index (χ4v) is 5.98. The number of hydrogen-bond acceptors (Lipinski definition) is 5. The summed E-state index contributed by atoms with van der Waals surface area (Å²) in [5.41, 5.74) is 1.20. The Kier molecular flexibility index (Phi) is 5.72. The number of nitrogens with one attached hydrogen (secondary N) is 2. The van der Waals surface area contributed by atoms with Gasteiger partial charge < -0.3 is 9.73 Å². The summed E-state index contributed by atoms with van der Waals surface area (Å²) in [6.07, 6.45) is 2.25. The minimum atomic E-state index is -3.65. The van der Waals surface area contributed by atoms with Gasteiger partial charge in [-0.3, -0.25) is 14.4 Å².